The highest BCUT2D eigenvalue weighted by Crippen LogP contribution is 2.25. The van der Waals surface area contributed by atoms with Crippen LogP contribution >= 0.6 is 0 Å². The Labute approximate surface area is 145 Å². The molecule has 1 aliphatic heterocycles. The highest BCUT2D eigenvalue weighted by molar-refractivity contribution is 5.94. The van der Waals surface area contributed by atoms with Gasteiger partial charge in [-0.1, -0.05) is 0 Å². The lowest BCUT2D eigenvalue weighted by Gasteiger charge is -2.33. The number of carbonyl (C=O) groups excluding carboxylic acids is 1. The van der Waals surface area contributed by atoms with Crippen molar-refractivity contribution < 1.29 is 18.7 Å². The summed E-state index contributed by atoms with van der Waals surface area (Å²) in [6.45, 7) is 3.00. The zero-order valence-electron chi connectivity index (χ0n) is 14.2. The first-order valence-electron chi connectivity index (χ1n) is 7.96. The molecule has 2 heterocycles. The first kappa shape index (κ1) is 17.2. The highest BCUT2D eigenvalue weighted by atomic mass is 19.1. The van der Waals surface area contributed by atoms with E-state index >= 15 is 0 Å². The fourth-order valence-electron chi connectivity index (χ4n) is 2.88. The van der Waals surface area contributed by atoms with E-state index in [4.69, 9.17) is 15.2 Å². The summed E-state index contributed by atoms with van der Waals surface area (Å²) >= 11 is 0. The zero-order valence-corrected chi connectivity index (χ0v) is 14.2. The smallest absolute Gasteiger partial charge is 0.254 e. The average Bonchev–Trinajstić information content (AvgIpc) is 2.60. The number of halogens is 1. The molecule has 1 saturated heterocycles. The number of nitrogen functional groups attached to an aromatic ring is 1. The lowest BCUT2D eigenvalue weighted by molar-refractivity contribution is -0.0247. The van der Waals surface area contributed by atoms with Gasteiger partial charge in [-0.3, -0.25) is 9.78 Å². The summed E-state index contributed by atoms with van der Waals surface area (Å²) in [7, 11) is 1.38. The van der Waals surface area contributed by atoms with Gasteiger partial charge < -0.3 is 20.1 Å². The SMILES string of the molecule is COc1ccc(C(=O)N2CCOC(c3cc(N)cc(C)n3)C2)cc1F. The molecule has 0 spiro atoms. The predicted octanol–water partition coefficient (Wildman–Crippen LogP) is 2.33. The largest absolute Gasteiger partial charge is 0.494 e. The van der Waals surface area contributed by atoms with E-state index < -0.39 is 5.82 Å². The van der Waals surface area contributed by atoms with Crippen molar-refractivity contribution in [2.24, 2.45) is 0 Å². The molecule has 0 radical (unpaired) electrons. The Morgan fingerprint density at radius 2 is 2.20 bits per heavy atom. The van der Waals surface area contributed by atoms with Crippen molar-refractivity contribution in [1.82, 2.24) is 9.88 Å². The van der Waals surface area contributed by atoms with Gasteiger partial charge in [-0.15, -0.1) is 0 Å². The van der Waals surface area contributed by atoms with Crippen LogP contribution < -0.4 is 10.5 Å². The van der Waals surface area contributed by atoms with Crippen molar-refractivity contribution in [3.8, 4) is 5.75 Å². The number of rotatable bonds is 3. The number of carbonyl (C=O) groups is 1. The van der Waals surface area contributed by atoms with E-state index in [0.717, 1.165) is 5.69 Å². The van der Waals surface area contributed by atoms with E-state index in [1.807, 2.05) is 6.92 Å². The van der Waals surface area contributed by atoms with E-state index in [2.05, 4.69) is 4.98 Å². The number of hydrogen-bond acceptors (Lipinski definition) is 5. The topological polar surface area (TPSA) is 77.7 Å². The van der Waals surface area contributed by atoms with Crippen LogP contribution in [0.5, 0.6) is 5.75 Å². The summed E-state index contributed by atoms with van der Waals surface area (Å²) in [6, 6.07) is 7.71. The van der Waals surface area contributed by atoms with Crippen LogP contribution in [0.4, 0.5) is 10.1 Å². The third-order valence-corrected chi connectivity index (χ3v) is 4.08. The molecule has 0 aliphatic carbocycles. The van der Waals surface area contributed by atoms with Crippen molar-refractivity contribution in [3.05, 3.63) is 53.1 Å². The average molecular weight is 345 g/mol. The lowest BCUT2D eigenvalue weighted by Crippen LogP contribution is -2.42. The van der Waals surface area contributed by atoms with Gasteiger partial charge in [-0.05, 0) is 37.3 Å². The molecule has 6 nitrogen and oxygen atoms in total. The fourth-order valence-corrected chi connectivity index (χ4v) is 2.88. The van der Waals surface area contributed by atoms with Gasteiger partial charge in [0, 0.05) is 23.5 Å². The first-order chi connectivity index (χ1) is 12.0. The van der Waals surface area contributed by atoms with Crippen molar-refractivity contribution in [1.29, 1.82) is 0 Å². The van der Waals surface area contributed by atoms with Crippen LogP contribution in [-0.2, 0) is 4.74 Å². The molecule has 0 bridgehead atoms. The molecule has 1 amide bonds. The van der Waals surface area contributed by atoms with Crippen LogP contribution in [-0.4, -0.2) is 42.6 Å². The minimum absolute atomic E-state index is 0.107. The zero-order chi connectivity index (χ0) is 18.0. The van der Waals surface area contributed by atoms with E-state index in [-0.39, 0.29) is 23.3 Å². The molecule has 2 aromatic rings. The summed E-state index contributed by atoms with van der Waals surface area (Å²) < 4.78 is 24.5. The minimum Gasteiger partial charge on any atom is -0.494 e. The summed E-state index contributed by atoms with van der Waals surface area (Å²) in [5.74, 6) is -0.711. The maximum atomic E-state index is 13.9. The third-order valence-electron chi connectivity index (χ3n) is 4.08. The molecule has 7 heteroatoms. The quantitative estimate of drug-likeness (QED) is 0.924. The number of aromatic nitrogens is 1. The Morgan fingerprint density at radius 3 is 2.88 bits per heavy atom. The molecular formula is C18H20FN3O3. The molecule has 1 aromatic heterocycles. The number of morpholine rings is 1. The van der Waals surface area contributed by atoms with Crippen LogP contribution in [0, 0.1) is 12.7 Å². The Balaban J connectivity index is 1.78. The second-order valence-corrected chi connectivity index (χ2v) is 5.93. The molecular weight excluding hydrogens is 325 g/mol. The predicted molar refractivity (Wildman–Crippen MR) is 90.9 cm³/mol. The molecule has 25 heavy (non-hydrogen) atoms. The van der Waals surface area contributed by atoms with Crippen molar-refractivity contribution >= 4 is 11.6 Å². The molecule has 1 unspecified atom stereocenters. The van der Waals surface area contributed by atoms with E-state index in [0.29, 0.717) is 31.1 Å². The summed E-state index contributed by atoms with van der Waals surface area (Å²) in [5, 5.41) is 0. The van der Waals surface area contributed by atoms with Gasteiger partial charge >= 0.3 is 0 Å². The molecule has 132 valence electrons. The lowest BCUT2D eigenvalue weighted by atomic mass is 10.1. The number of pyridine rings is 1. The normalized spacial score (nSPS) is 17.4. The highest BCUT2D eigenvalue weighted by Gasteiger charge is 2.27. The third kappa shape index (κ3) is 3.71. The van der Waals surface area contributed by atoms with E-state index in [9.17, 15) is 9.18 Å². The van der Waals surface area contributed by atoms with Crippen LogP contribution in [0.15, 0.2) is 30.3 Å². The number of nitrogens with two attached hydrogens (primary N) is 1. The molecule has 1 aromatic carbocycles. The number of benzene rings is 1. The molecule has 1 fully saturated rings. The van der Waals surface area contributed by atoms with Crippen LogP contribution in [0.3, 0.4) is 0 Å². The van der Waals surface area contributed by atoms with Gasteiger partial charge in [0.2, 0.25) is 0 Å². The minimum atomic E-state index is -0.564. The number of nitrogens with zero attached hydrogens (tertiary/aromatic N) is 2. The monoisotopic (exact) mass is 345 g/mol. The summed E-state index contributed by atoms with van der Waals surface area (Å²) in [6.07, 6.45) is -0.358. The number of hydrogen-bond donors (Lipinski definition) is 1. The number of amides is 1. The molecule has 1 aliphatic rings. The van der Waals surface area contributed by atoms with Gasteiger partial charge in [-0.2, -0.15) is 0 Å². The van der Waals surface area contributed by atoms with Crippen LogP contribution in [0.1, 0.15) is 27.8 Å². The van der Waals surface area contributed by atoms with Crippen LogP contribution in [0.25, 0.3) is 0 Å². The number of anilines is 1. The van der Waals surface area contributed by atoms with Gasteiger partial charge in [0.1, 0.15) is 6.10 Å². The van der Waals surface area contributed by atoms with Crippen molar-refractivity contribution in [2.75, 3.05) is 32.5 Å². The molecule has 1 atom stereocenters. The number of methoxy groups -OCH3 is 1. The molecule has 2 N–H and O–H groups in total. The van der Waals surface area contributed by atoms with Gasteiger partial charge in [0.15, 0.2) is 11.6 Å². The molecule has 3 rings (SSSR count). The number of ether oxygens (including phenoxy) is 2. The van der Waals surface area contributed by atoms with Gasteiger partial charge in [-0.25, -0.2) is 4.39 Å². The fraction of sp³-hybridized carbons (Fsp3) is 0.333. The Kier molecular flexibility index (Phi) is 4.85. The van der Waals surface area contributed by atoms with Gasteiger partial charge in [0.05, 0.1) is 26.0 Å². The Bertz CT molecular complexity index is 777. The van der Waals surface area contributed by atoms with Crippen molar-refractivity contribution in [3.63, 3.8) is 0 Å². The Morgan fingerprint density at radius 1 is 1.40 bits per heavy atom. The second-order valence-electron chi connectivity index (χ2n) is 5.93. The summed E-state index contributed by atoms with van der Waals surface area (Å²) in [4.78, 5) is 18.8. The van der Waals surface area contributed by atoms with E-state index in [1.54, 1.807) is 23.1 Å². The summed E-state index contributed by atoms with van der Waals surface area (Å²) in [5.41, 5.74) is 8.22. The molecule has 0 saturated carbocycles. The maximum absolute atomic E-state index is 13.9. The first-order valence-corrected chi connectivity index (χ1v) is 7.96. The standard InChI is InChI=1S/C18H20FN3O3/c1-11-7-13(20)9-15(21-11)17-10-22(5-6-25-17)18(23)12-3-4-16(24-2)14(19)8-12/h3-4,7-9,17H,5-6,10H2,1-2H3,(H2,20,21). The second kappa shape index (κ2) is 7.06. The van der Waals surface area contributed by atoms with Crippen LogP contribution in [0.2, 0.25) is 0 Å². The van der Waals surface area contributed by atoms with Gasteiger partial charge in [0.25, 0.3) is 5.91 Å². The van der Waals surface area contributed by atoms with Crippen molar-refractivity contribution in [2.45, 2.75) is 13.0 Å². The maximum Gasteiger partial charge on any atom is 0.254 e. The van der Waals surface area contributed by atoms with E-state index in [1.165, 1.54) is 19.2 Å². The number of aryl methyl sites for hydroxylation is 1. The Hall–Kier alpha value is -2.67.